The first kappa shape index (κ1) is 34.4. The Bertz CT molecular complexity index is 1300. The first-order valence-corrected chi connectivity index (χ1v) is 16.4. The number of ketones is 4. The summed E-state index contributed by atoms with van der Waals surface area (Å²) >= 11 is 0. The second kappa shape index (κ2) is 16.6. The molecule has 0 bridgehead atoms. The fourth-order valence-corrected chi connectivity index (χ4v) is 7.13. The van der Waals surface area contributed by atoms with Gasteiger partial charge in [-0.05, 0) is 86.0 Å². The van der Waals surface area contributed by atoms with Gasteiger partial charge in [0, 0.05) is 30.7 Å². The van der Waals surface area contributed by atoms with Crippen LogP contribution in [0.4, 0.5) is 0 Å². The lowest BCUT2D eigenvalue weighted by molar-refractivity contribution is -0.130. The van der Waals surface area contributed by atoms with Crippen LogP contribution in [0.2, 0.25) is 0 Å². The zero-order chi connectivity index (χ0) is 31.5. The molecule has 4 nitrogen and oxygen atoms in total. The molecular weight excluding hydrogens is 532 g/mol. The SMILES string of the molecule is CCCC(CC1CC(=O)c2c(C)c(CC(=O)C/C3=C/C=C\C/C=C\C=C/C3)cc(C(C)C)c2C1)C(CC)C(=O)CC(C)=O. The van der Waals surface area contributed by atoms with Gasteiger partial charge in [-0.3, -0.25) is 19.2 Å². The zero-order valence-corrected chi connectivity index (χ0v) is 27.3. The molecule has 3 rings (SSSR count). The van der Waals surface area contributed by atoms with Gasteiger partial charge in [0.15, 0.2) is 5.78 Å². The van der Waals surface area contributed by atoms with Crippen molar-refractivity contribution in [3.05, 3.63) is 82.0 Å². The molecule has 3 unspecified atom stereocenters. The Morgan fingerprint density at radius 1 is 0.977 bits per heavy atom. The molecule has 0 radical (unpaired) electrons. The fourth-order valence-electron chi connectivity index (χ4n) is 7.13. The molecule has 43 heavy (non-hydrogen) atoms. The zero-order valence-electron chi connectivity index (χ0n) is 27.3. The summed E-state index contributed by atoms with van der Waals surface area (Å²) in [7, 11) is 0. The van der Waals surface area contributed by atoms with Crippen molar-refractivity contribution in [2.75, 3.05) is 0 Å². The minimum Gasteiger partial charge on any atom is -0.300 e. The molecule has 0 aromatic heterocycles. The lowest BCUT2D eigenvalue weighted by Gasteiger charge is -2.33. The van der Waals surface area contributed by atoms with Gasteiger partial charge in [-0.25, -0.2) is 0 Å². The van der Waals surface area contributed by atoms with Gasteiger partial charge < -0.3 is 0 Å². The highest BCUT2D eigenvalue weighted by atomic mass is 16.1. The summed E-state index contributed by atoms with van der Waals surface area (Å²) in [5, 5.41) is 0. The number of rotatable bonds is 14. The topological polar surface area (TPSA) is 68.3 Å². The van der Waals surface area contributed by atoms with Crippen molar-refractivity contribution in [3.8, 4) is 0 Å². The maximum atomic E-state index is 13.8. The summed E-state index contributed by atoms with van der Waals surface area (Å²) in [4.78, 5) is 51.8. The third-order valence-corrected chi connectivity index (χ3v) is 9.16. The smallest absolute Gasteiger partial charge is 0.163 e. The molecule has 0 fully saturated rings. The van der Waals surface area contributed by atoms with Crippen LogP contribution in [0.3, 0.4) is 0 Å². The van der Waals surface area contributed by atoms with E-state index < -0.39 is 0 Å². The van der Waals surface area contributed by atoms with Gasteiger partial charge in [0.1, 0.15) is 17.3 Å². The molecule has 0 aliphatic heterocycles. The van der Waals surface area contributed by atoms with Gasteiger partial charge >= 0.3 is 0 Å². The van der Waals surface area contributed by atoms with Gasteiger partial charge in [0.25, 0.3) is 0 Å². The van der Waals surface area contributed by atoms with Crippen LogP contribution in [0.5, 0.6) is 0 Å². The van der Waals surface area contributed by atoms with Crippen LogP contribution in [-0.2, 0) is 27.2 Å². The van der Waals surface area contributed by atoms with Crippen molar-refractivity contribution in [1.82, 2.24) is 0 Å². The van der Waals surface area contributed by atoms with E-state index in [2.05, 4.69) is 51.1 Å². The van der Waals surface area contributed by atoms with Gasteiger partial charge in [-0.2, -0.15) is 0 Å². The largest absolute Gasteiger partial charge is 0.300 e. The van der Waals surface area contributed by atoms with Crippen molar-refractivity contribution in [3.63, 3.8) is 0 Å². The summed E-state index contributed by atoms with van der Waals surface area (Å²) in [6.45, 7) is 12.0. The number of hydrogen-bond acceptors (Lipinski definition) is 4. The van der Waals surface area contributed by atoms with Crippen LogP contribution in [0.1, 0.15) is 131 Å². The van der Waals surface area contributed by atoms with Crippen molar-refractivity contribution in [2.24, 2.45) is 17.8 Å². The van der Waals surface area contributed by atoms with Gasteiger partial charge in [0.05, 0.1) is 6.42 Å². The number of benzene rings is 1. The summed E-state index contributed by atoms with van der Waals surface area (Å²) in [6, 6.07) is 2.19. The predicted octanol–water partition coefficient (Wildman–Crippen LogP) is 9.13. The number of carbonyl (C=O) groups excluding carboxylic acids is 4. The van der Waals surface area contributed by atoms with Crippen molar-refractivity contribution >= 4 is 23.1 Å². The molecular formula is C39H52O4. The van der Waals surface area contributed by atoms with Crippen LogP contribution in [-0.4, -0.2) is 23.1 Å². The van der Waals surface area contributed by atoms with E-state index in [0.29, 0.717) is 19.3 Å². The molecule has 1 aromatic carbocycles. The van der Waals surface area contributed by atoms with Gasteiger partial charge in [-0.1, -0.05) is 94.7 Å². The van der Waals surface area contributed by atoms with E-state index in [1.54, 1.807) is 0 Å². The van der Waals surface area contributed by atoms with E-state index >= 15 is 0 Å². The minimum absolute atomic E-state index is 0.00533. The Labute approximate surface area is 259 Å². The van der Waals surface area contributed by atoms with Crippen LogP contribution < -0.4 is 0 Å². The average molecular weight is 585 g/mol. The van der Waals surface area contributed by atoms with Crippen LogP contribution in [0.25, 0.3) is 0 Å². The number of carbonyl (C=O) groups is 4. The second-order valence-electron chi connectivity index (χ2n) is 13.0. The molecule has 0 saturated carbocycles. The quantitative estimate of drug-likeness (QED) is 0.205. The number of allylic oxidation sites excluding steroid dienone is 8. The van der Waals surface area contributed by atoms with E-state index in [1.165, 1.54) is 12.5 Å². The number of Topliss-reactive ketones (excluding diaryl/α,β-unsaturated/α-hetero) is 4. The molecule has 0 saturated heterocycles. The molecule has 0 spiro atoms. The summed E-state index contributed by atoms with van der Waals surface area (Å²) < 4.78 is 0. The molecule has 0 N–H and O–H groups in total. The fraction of sp³-hybridized carbons (Fsp3) is 0.538. The summed E-state index contributed by atoms with van der Waals surface area (Å²) in [6.07, 6.45) is 21.6. The second-order valence-corrected chi connectivity index (χ2v) is 13.0. The molecule has 4 heteroatoms. The van der Waals surface area contributed by atoms with E-state index in [9.17, 15) is 19.2 Å². The van der Waals surface area contributed by atoms with E-state index in [1.807, 2.05) is 32.1 Å². The maximum Gasteiger partial charge on any atom is 0.163 e. The highest BCUT2D eigenvalue weighted by Gasteiger charge is 2.34. The Kier molecular flexibility index (Phi) is 13.3. The number of hydrogen-bond donors (Lipinski definition) is 0. The Hall–Kier alpha value is -3.14. The molecule has 0 heterocycles. The van der Waals surface area contributed by atoms with Crippen LogP contribution in [0.15, 0.2) is 54.2 Å². The Morgan fingerprint density at radius 3 is 2.37 bits per heavy atom. The van der Waals surface area contributed by atoms with Crippen LogP contribution in [0, 0.1) is 24.7 Å². The first-order chi connectivity index (χ1) is 20.5. The van der Waals surface area contributed by atoms with Gasteiger partial charge in [0.2, 0.25) is 0 Å². The molecule has 2 aliphatic rings. The third kappa shape index (κ3) is 9.68. The highest BCUT2D eigenvalue weighted by molar-refractivity contribution is 6.01. The normalized spacial score (nSPS) is 21.7. The average Bonchev–Trinajstić information content (AvgIpc) is 2.93. The van der Waals surface area contributed by atoms with Crippen molar-refractivity contribution < 1.29 is 19.2 Å². The first-order valence-electron chi connectivity index (χ1n) is 16.4. The molecule has 232 valence electrons. The lowest BCUT2D eigenvalue weighted by Crippen LogP contribution is -2.30. The lowest BCUT2D eigenvalue weighted by atomic mass is 9.70. The Balaban J connectivity index is 1.85. The van der Waals surface area contributed by atoms with Gasteiger partial charge in [-0.15, -0.1) is 0 Å². The van der Waals surface area contributed by atoms with E-state index in [4.69, 9.17) is 0 Å². The van der Waals surface area contributed by atoms with E-state index in [0.717, 1.165) is 72.8 Å². The predicted molar refractivity (Wildman–Crippen MR) is 177 cm³/mol. The summed E-state index contributed by atoms with van der Waals surface area (Å²) in [5.74, 6) is 0.753. The van der Waals surface area contributed by atoms with Crippen LogP contribution >= 0.6 is 0 Å². The molecule has 3 atom stereocenters. The highest BCUT2D eigenvalue weighted by Crippen LogP contribution is 2.40. The number of fused-ring (bicyclic) bond motifs is 1. The Morgan fingerprint density at radius 2 is 1.70 bits per heavy atom. The summed E-state index contributed by atoms with van der Waals surface area (Å²) in [5.41, 5.74) is 6.16. The maximum absolute atomic E-state index is 13.8. The van der Waals surface area contributed by atoms with Crippen molar-refractivity contribution in [2.45, 2.75) is 118 Å². The third-order valence-electron chi connectivity index (χ3n) is 9.16. The van der Waals surface area contributed by atoms with Crippen molar-refractivity contribution in [1.29, 1.82) is 0 Å². The molecule has 1 aromatic rings. The molecule has 0 amide bonds. The minimum atomic E-state index is -0.135. The van der Waals surface area contributed by atoms with E-state index in [-0.39, 0.29) is 53.2 Å². The standard InChI is InChI=1S/C39H52O4/c1-7-16-31(34(8-2)37(42)19-27(5)40)20-30-22-36-35(26(3)4)25-32(28(6)39(36)38(43)23-30)24-33(41)21-29-17-14-12-10-9-11-13-15-18-29/h9-10,12-15,18,25-26,30-31,34H,7-8,11,16-17,19-24H2,1-6H3/b10-9-,14-12-,15-13-,29-18+. The molecule has 2 aliphatic carbocycles. The monoisotopic (exact) mass is 584 g/mol.